The molecule has 1 aliphatic rings. The van der Waals surface area contributed by atoms with Crippen molar-refractivity contribution in [1.82, 2.24) is 4.31 Å². The highest BCUT2D eigenvalue weighted by atomic mass is 32.2. The third kappa shape index (κ3) is 7.12. The van der Waals surface area contributed by atoms with Gasteiger partial charge in [0.25, 0.3) is 0 Å². The molecule has 1 aromatic carbocycles. The minimum atomic E-state index is -3.67. The normalized spacial score (nSPS) is 14.3. The lowest BCUT2D eigenvalue weighted by Crippen LogP contribution is -2.35. The molecular formula is C19H29NO6S. The van der Waals surface area contributed by atoms with Crippen LogP contribution in [0.4, 0.5) is 0 Å². The van der Waals surface area contributed by atoms with Crippen molar-refractivity contribution in [2.75, 3.05) is 39.5 Å². The van der Waals surface area contributed by atoms with Crippen molar-refractivity contribution in [3.8, 4) is 5.75 Å². The molecule has 1 fully saturated rings. The Morgan fingerprint density at radius 1 is 1.11 bits per heavy atom. The molecule has 152 valence electrons. The van der Waals surface area contributed by atoms with Crippen LogP contribution in [0.1, 0.15) is 33.1 Å². The number of carbonyl (C=O) groups is 1. The number of carbonyl (C=O) groups excluding carboxylic acids is 1. The molecule has 0 N–H and O–H groups in total. The van der Waals surface area contributed by atoms with Crippen LogP contribution in [0, 0.1) is 5.92 Å². The number of esters is 1. The molecule has 0 spiro atoms. The molecule has 8 heteroatoms. The van der Waals surface area contributed by atoms with Crippen LogP contribution in [0.15, 0.2) is 29.2 Å². The quantitative estimate of drug-likeness (QED) is 0.374. The van der Waals surface area contributed by atoms with Gasteiger partial charge in [0, 0.05) is 19.7 Å². The number of sulfonamides is 1. The van der Waals surface area contributed by atoms with E-state index >= 15 is 0 Å². The fourth-order valence-electron chi connectivity index (χ4n) is 2.57. The van der Waals surface area contributed by atoms with E-state index in [1.54, 1.807) is 19.1 Å². The van der Waals surface area contributed by atoms with E-state index in [2.05, 4.69) is 0 Å². The maximum Gasteiger partial charge on any atom is 0.307 e. The van der Waals surface area contributed by atoms with Crippen LogP contribution in [-0.2, 0) is 24.3 Å². The van der Waals surface area contributed by atoms with Gasteiger partial charge < -0.3 is 14.2 Å². The van der Waals surface area contributed by atoms with Crippen molar-refractivity contribution >= 4 is 16.0 Å². The molecule has 1 saturated carbocycles. The van der Waals surface area contributed by atoms with Crippen LogP contribution < -0.4 is 4.74 Å². The van der Waals surface area contributed by atoms with E-state index in [4.69, 9.17) is 14.2 Å². The van der Waals surface area contributed by atoms with E-state index in [0.29, 0.717) is 44.6 Å². The fraction of sp³-hybridized carbons (Fsp3) is 0.632. The fourth-order valence-corrected chi connectivity index (χ4v) is 4.08. The summed E-state index contributed by atoms with van der Waals surface area (Å²) in [7, 11) is -3.67. The molecule has 0 aliphatic heterocycles. The van der Waals surface area contributed by atoms with Crippen molar-refractivity contribution in [3.63, 3.8) is 0 Å². The Morgan fingerprint density at radius 3 is 2.41 bits per heavy atom. The predicted molar refractivity (Wildman–Crippen MR) is 101 cm³/mol. The average molecular weight is 400 g/mol. The van der Waals surface area contributed by atoms with Gasteiger partial charge >= 0.3 is 5.97 Å². The summed E-state index contributed by atoms with van der Waals surface area (Å²) in [4.78, 5) is 11.8. The highest BCUT2D eigenvalue weighted by Crippen LogP contribution is 2.32. The van der Waals surface area contributed by atoms with Gasteiger partial charge in [-0.1, -0.05) is 0 Å². The van der Waals surface area contributed by atoms with E-state index in [1.165, 1.54) is 16.4 Å². The van der Waals surface area contributed by atoms with E-state index in [0.717, 1.165) is 12.8 Å². The first kappa shape index (κ1) is 21.7. The molecule has 27 heavy (non-hydrogen) atoms. The summed E-state index contributed by atoms with van der Waals surface area (Å²) in [6, 6.07) is 6.35. The number of hydrogen-bond donors (Lipinski definition) is 0. The minimum Gasteiger partial charge on any atom is -0.491 e. The van der Waals surface area contributed by atoms with Crippen LogP contribution in [0.5, 0.6) is 5.75 Å². The Morgan fingerprint density at radius 2 is 1.81 bits per heavy atom. The second-order valence-electron chi connectivity index (χ2n) is 6.38. The summed E-state index contributed by atoms with van der Waals surface area (Å²) in [5.74, 6) is 0.587. The van der Waals surface area contributed by atoms with Gasteiger partial charge in [-0.2, -0.15) is 4.31 Å². The minimum absolute atomic E-state index is 0.0540. The summed E-state index contributed by atoms with van der Waals surface area (Å²) in [5, 5.41) is 0. The van der Waals surface area contributed by atoms with Gasteiger partial charge in [0.15, 0.2) is 0 Å². The zero-order valence-corrected chi connectivity index (χ0v) is 16.9. The smallest absolute Gasteiger partial charge is 0.307 e. The van der Waals surface area contributed by atoms with Crippen molar-refractivity contribution in [1.29, 1.82) is 0 Å². The summed E-state index contributed by atoms with van der Waals surface area (Å²) < 4.78 is 43.0. The van der Waals surface area contributed by atoms with Gasteiger partial charge in [0.05, 0.1) is 24.5 Å². The maximum absolute atomic E-state index is 13.0. The molecule has 0 aromatic heterocycles. The molecule has 7 nitrogen and oxygen atoms in total. The van der Waals surface area contributed by atoms with Crippen molar-refractivity contribution in [2.24, 2.45) is 5.92 Å². The van der Waals surface area contributed by atoms with Gasteiger partial charge in [0.1, 0.15) is 12.4 Å². The maximum atomic E-state index is 13.0. The zero-order valence-electron chi connectivity index (χ0n) is 16.1. The first-order chi connectivity index (χ1) is 13.0. The summed E-state index contributed by atoms with van der Waals surface area (Å²) in [5.41, 5.74) is 0. The van der Waals surface area contributed by atoms with Crippen molar-refractivity contribution in [2.45, 2.75) is 38.0 Å². The second-order valence-corrected chi connectivity index (χ2v) is 8.32. The molecule has 0 radical (unpaired) electrons. The zero-order chi connectivity index (χ0) is 19.7. The van der Waals surface area contributed by atoms with Crippen molar-refractivity contribution < 1.29 is 27.4 Å². The van der Waals surface area contributed by atoms with Crippen LogP contribution >= 0.6 is 0 Å². The number of benzene rings is 1. The molecule has 0 amide bonds. The summed E-state index contributed by atoms with van der Waals surface area (Å²) in [6.45, 7) is 6.03. The Balaban J connectivity index is 2.01. The van der Waals surface area contributed by atoms with Crippen LogP contribution in [0.3, 0.4) is 0 Å². The molecule has 1 aliphatic carbocycles. The molecule has 1 aromatic rings. The van der Waals surface area contributed by atoms with Gasteiger partial charge in [-0.05, 0) is 56.9 Å². The van der Waals surface area contributed by atoms with Crippen LogP contribution in [0.25, 0.3) is 0 Å². The average Bonchev–Trinajstić information content (AvgIpc) is 3.47. The number of nitrogens with zero attached hydrogens (tertiary/aromatic N) is 1. The highest BCUT2D eigenvalue weighted by molar-refractivity contribution is 7.89. The third-order valence-corrected chi connectivity index (χ3v) is 6.07. The molecular weight excluding hydrogens is 370 g/mol. The molecule has 0 unspecified atom stereocenters. The lowest BCUT2D eigenvalue weighted by atomic mass is 10.3. The van der Waals surface area contributed by atoms with Crippen molar-refractivity contribution in [3.05, 3.63) is 24.3 Å². The molecule has 0 bridgehead atoms. The Kier molecular flexibility index (Phi) is 8.53. The lowest BCUT2D eigenvalue weighted by molar-refractivity contribution is -0.143. The molecule has 0 heterocycles. The van der Waals surface area contributed by atoms with E-state index in [-0.39, 0.29) is 23.8 Å². The second kappa shape index (κ2) is 10.6. The van der Waals surface area contributed by atoms with E-state index in [9.17, 15) is 13.2 Å². The number of rotatable bonds is 13. The molecule has 0 atom stereocenters. The van der Waals surface area contributed by atoms with Crippen LogP contribution in [0.2, 0.25) is 0 Å². The summed E-state index contributed by atoms with van der Waals surface area (Å²) in [6.07, 6.45) is 2.11. The Bertz CT molecular complexity index is 685. The first-order valence-corrected chi connectivity index (χ1v) is 10.9. The van der Waals surface area contributed by atoms with Gasteiger partial charge in [-0.3, -0.25) is 4.79 Å². The molecule has 0 saturated heterocycles. The van der Waals surface area contributed by atoms with E-state index in [1.807, 2.05) is 6.92 Å². The Hall–Kier alpha value is -1.64. The largest absolute Gasteiger partial charge is 0.491 e. The number of ether oxygens (including phenoxy) is 3. The number of hydrogen-bond acceptors (Lipinski definition) is 6. The first-order valence-electron chi connectivity index (χ1n) is 9.43. The van der Waals surface area contributed by atoms with Crippen LogP contribution in [-0.4, -0.2) is 58.2 Å². The topological polar surface area (TPSA) is 82.1 Å². The monoisotopic (exact) mass is 399 g/mol. The lowest BCUT2D eigenvalue weighted by Gasteiger charge is -2.22. The highest BCUT2D eigenvalue weighted by Gasteiger charge is 2.32. The van der Waals surface area contributed by atoms with E-state index < -0.39 is 10.0 Å². The molecule has 2 rings (SSSR count). The standard InChI is InChI=1S/C19H29NO6S/c1-3-24-13-14-26-17-7-9-18(10-8-17)27(22,23)20(15-16-5-6-16)12-11-19(21)25-4-2/h7-10,16H,3-6,11-15H2,1-2H3. The van der Waals surface area contributed by atoms with Gasteiger partial charge in [-0.25, -0.2) is 8.42 Å². The third-order valence-electron chi connectivity index (χ3n) is 4.19. The van der Waals surface area contributed by atoms with Gasteiger partial charge in [-0.15, -0.1) is 0 Å². The predicted octanol–water partition coefficient (Wildman–Crippen LogP) is 2.46. The SMILES string of the molecule is CCOCCOc1ccc(S(=O)(=O)N(CCC(=O)OCC)CC2CC2)cc1. The Labute approximate surface area is 161 Å². The summed E-state index contributed by atoms with van der Waals surface area (Å²) >= 11 is 0. The van der Waals surface area contributed by atoms with Gasteiger partial charge in [0.2, 0.25) is 10.0 Å².